The molecule has 0 heterocycles. The summed E-state index contributed by atoms with van der Waals surface area (Å²) < 4.78 is 14.1. The summed E-state index contributed by atoms with van der Waals surface area (Å²) in [5, 5.41) is 0. The molecule has 1 aromatic rings. The molecular weight excluding hydrogens is 217 g/mol. The highest BCUT2D eigenvalue weighted by molar-refractivity contribution is 5.41. The van der Waals surface area contributed by atoms with Gasteiger partial charge in [-0.25, -0.2) is 9.18 Å². The van der Waals surface area contributed by atoms with Gasteiger partial charge in [-0.2, -0.15) is 4.99 Å². The van der Waals surface area contributed by atoms with Crippen molar-refractivity contribution in [3.05, 3.63) is 34.6 Å². The van der Waals surface area contributed by atoms with Crippen LogP contribution < -0.4 is 0 Å². The number of isocyanates is 1. The Hall–Kier alpha value is -1.47. The Morgan fingerprint density at radius 3 is 2.41 bits per heavy atom. The summed E-state index contributed by atoms with van der Waals surface area (Å²) >= 11 is 0. The Labute approximate surface area is 101 Å². The fourth-order valence-corrected chi connectivity index (χ4v) is 2.63. The van der Waals surface area contributed by atoms with Gasteiger partial charge in [0.25, 0.3) is 0 Å². The first kappa shape index (κ1) is 12.0. The second kappa shape index (κ2) is 4.42. The fourth-order valence-electron chi connectivity index (χ4n) is 2.63. The predicted molar refractivity (Wildman–Crippen MR) is 64.1 cm³/mol. The van der Waals surface area contributed by atoms with Gasteiger partial charge in [-0.15, -0.1) is 0 Å². The molecule has 0 unspecified atom stereocenters. The van der Waals surface area contributed by atoms with Crippen LogP contribution in [0.4, 0.5) is 4.39 Å². The van der Waals surface area contributed by atoms with Gasteiger partial charge in [-0.3, -0.25) is 0 Å². The van der Waals surface area contributed by atoms with Crippen molar-refractivity contribution in [2.75, 3.05) is 0 Å². The van der Waals surface area contributed by atoms with Crippen molar-refractivity contribution in [1.29, 1.82) is 0 Å². The van der Waals surface area contributed by atoms with Crippen LogP contribution in [0.15, 0.2) is 17.1 Å². The van der Waals surface area contributed by atoms with Gasteiger partial charge in [0.15, 0.2) is 0 Å². The highest BCUT2D eigenvalue weighted by Gasteiger charge is 2.38. The Kier molecular flexibility index (Phi) is 3.12. The zero-order valence-corrected chi connectivity index (χ0v) is 10.2. The molecule has 0 amide bonds. The molecule has 17 heavy (non-hydrogen) atoms. The molecule has 2 nitrogen and oxygen atoms in total. The molecule has 1 fully saturated rings. The number of aryl methyl sites for hydroxylation is 2. The van der Waals surface area contributed by atoms with E-state index in [9.17, 15) is 9.18 Å². The van der Waals surface area contributed by atoms with Crippen LogP contribution in [0, 0.1) is 19.7 Å². The van der Waals surface area contributed by atoms with Crippen LogP contribution in [0.2, 0.25) is 0 Å². The van der Waals surface area contributed by atoms with Crippen LogP contribution in [0.25, 0.3) is 0 Å². The van der Waals surface area contributed by atoms with E-state index in [4.69, 9.17) is 0 Å². The Bertz CT molecular complexity index is 483. The lowest BCUT2D eigenvalue weighted by Gasteiger charge is -2.24. The average molecular weight is 233 g/mol. The van der Waals surface area contributed by atoms with Crippen molar-refractivity contribution >= 4 is 6.08 Å². The number of carbonyl (C=O) groups excluding carboxylic acids is 1. The van der Waals surface area contributed by atoms with E-state index in [-0.39, 0.29) is 5.82 Å². The largest absolute Gasteiger partial charge is 0.235 e. The maximum atomic E-state index is 14.1. The first-order chi connectivity index (χ1) is 8.09. The van der Waals surface area contributed by atoms with Crippen LogP contribution in [-0.4, -0.2) is 6.08 Å². The first-order valence-corrected chi connectivity index (χ1v) is 5.95. The average Bonchev–Trinajstić information content (AvgIpc) is 2.73. The molecule has 0 radical (unpaired) electrons. The second-order valence-corrected chi connectivity index (χ2v) is 4.86. The molecule has 1 aromatic carbocycles. The van der Waals surface area contributed by atoms with Crippen molar-refractivity contribution in [3.63, 3.8) is 0 Å². The highest BCUT2D eigenvalue weighted by atomic mass is 19.1. The zero-order chi connectivity index (χ0) is 12.5. The standard InChI is InChI=1S/C14H16FNO/c1-10-7-12(13(15)8-11(10)2)14(16-9-17)5-3-4-6-14/h7-8H,3-6H2,1-2H3. The number of benzene rings is 1. The summed E-state index contributed by atoms with van der Waals surface area (Å²) in [6, 6.07) is 3.36. The predicted octanol–water partition coefficient (Wildman–Crippen LogP) is 3.55. The van der Waals surface area contributed by atoms with Crippen LogP contribution in [0.1, 0.15) is 42.4 Å². The normalized spacial score (nSPS) is 17.8. The van der Waals surface area contributed by atoms with Crippen LogP contribution in [0.3, 0.4) is 0 Å². The minimum absolute atomic E-state index is 0.256. The Morgan fingerprint density at radius 1 is 1.24 bits per heavy atom. The summed E-state index contributed by atoms with van der Waals surface area (Å²) in [6.07, 6.45) is 5.06. The van der Waals surface area contributed by atoms with Crippen molar-refractivity contribution in [2.24, 2.45) is 4.99 Å². The van der Waals surface area contributed by atoms with Gasteiger partial charge in [0, 0.05) is 5.56 Å². The zero-order valence-electron chi connectivity index (χ0n) is 10.2. The van der Waals surface area contributed by atoms with Gasteiger partial charge in [0.1, 0.15) is 11.4 Å². The minimum atomic E-state index is -0.662. The molecule has 0 saturated heterocycles. The Morgan fingerprint density at radius 2 is 1.82 bits per heavy atom. The molecule has 0 bridgehead atoms. The van der Waals surface area contributed by atoms with E-state index in [1.54, 1.807) is 6.08 Å². The molecule has 90 valence electrons. The van der Waals surface area contributed by atoms with Gasteiger partial charge < -0.3 is 0 Å². The molecule has 0 aliphatic heterocycles. The van der Waals surface area contributed by atoms with Crippen molar-refractivity contribution in [3.8, 4) is 0 Å². The fraction of sp³-hybridized carbons (Fsp3) is 0.500. The third-order valence-corrected chi connectivity index (χ3v) is 3.78. The van der Waals surface area contributed by atoms with E-state index in [2.05, 4.69) is 4.99 Å². The number of hydrogen-bond acceptors (Lipinski definition) is 2. The van der Waals surface area contributed by atoms with Crippen molar-refractivity contribution in [2.45, 2.75) is 45.1 Å². The van der Waals surface area contributed by atoms with Crippen LogP contribution in [0.5, 0.6) is 0 Å². The molecule has 0 atom stereocenters. The van der Waals surface area contributed by atoms with Crippen LogP contribution >= 0.6 is 0 Å². The maximum absolute atomic E-state index is 14.1. The first-order valence-electron chi connectivity index (χ1n) is 5.95. The smallest absolute Gasteiger partial charge is 0.211 e. The molecule has 1 aliphatic carbocycles. The van der Waals surface area contributed by atoms with E-state index in [1.165, 1.54) is 6.07 Å². The molecule has 0 aromatic heterocycles. The van der Waals surface area contributed by atoms with Gasteiger partial charge in [0.05, 0.1) is 0 Å². The van der Waals surface area contributed by atoms with Crippen LogP contribution in [-0.2, 0) is 10.3 Å². The molecule has 2 rings (SSSR count). The molecule has 3 heteroatoms. The third-order valence-electron chi connectivity index (χ3n) is 3.78. The topological polar surface area (TPSA) is 29.4 Å². The SMILES string of the molecule is Cc1cc(F)c(C2(N=C=O)CCCC2)cc1C. The monoisotopic (exact) mass is 233 g/mol. The number of aliphatic imine (C=N–C) groups is 1. The van der Waals surface area contributed by atoms with E-state index >= 15 is 0 Å². The summed E-state index contributed by atoms with van der Waals surface area (Å²) in [4.78, 5) is 14.5. The van der Waals surface area contributed by atoms with E-state index < -0.39 is 5.54 Å². The summed E-state index contributed by atoms with van der Waals surface area (Å²) in [5.41, 5.74) is 1.86. The minimum Gasteiger partial charge on any atom is -0.211 e. The van der Waals surface area contributed by atoms with E-state index in [1.807, 2.05) is 19.9 Å². The summed E-state index contributed by atoms with van der Waals surface area (Å²) in [5.74, 6) is -0.256. The third kappa shape index (κ3) is 2.03. The molecule has 0 N–H and O–H groups in total. The molecular formula is C14H16FNO. The van der Waals surface area contributed by atoms with E-state index in [0.29, 0.717) is 5.56 Å². The van der Waals surface area contributed by atoms with Crippen molar-refractivity contribution < 1.29 is 9.18 Å². The number of nitrogens with zero attached hydrogens (tertiary/aromatic N) is 1. The lowest BCUT2D eigenvalue weighted by molar-refractivity contribution is 0.430. The number of rotatable bonds is 2. The van der Waals surface area contributed by atoms with Gasteiger partial charge in [0.2, 0.25) is 6.08 Å². The lowest BCUT2D eigenvalue weighted by atomic mass is 9.86. The van der Waals surface area contributed by atoms with Crippen molar-refractivity contribution in [1.82, 2.24) is 0 Å². The van der Waals surface area contributed by atoms with Gasteiger partial charge in [-0.05, 0) is 43.9 Å². The second-order valence-electron chi connectivity index (χ2n) is 4.86. The number of halogens is 1. The molecule has 1 saturated carbocycles. The maximum Gasteiger partial charge on any atom is 0.235 e. The van der Waals surface area contributed by atoms with Gasteiger partial charge >= 0.3 is 0 Å². The number of hydrogen-bond donors (Lipinski definition) is 0. The summed E-state index contributed by atoms with van der Waals surface area (Å²) in [6.45, 7) is 3.83. The van der Waals surface area contributed by atoms with Gasteiger partial charge in [-0.1, -0.05) is 18.9 Å². The summed E-state index contributed by atoms with van der Waals surface area (Å²) in [7, 11) is 0. The molecule has 0 spiro atoms. The van der Waals surface area contributed by atoms with E-state index in [0.717, 1.165) is 36.8 Å². The Balaban J connectivity index is 2.57. The highest BCUT2D eigenvalue weighted by Crippen LogP contribution is 2.43. The molecule has 1 aliphatic rings. The lowest BCUT2D eigenvalue weighted by Crippen LogP contribution is -2.21. The quantitative estimate of drug-likeness (QED) is 0.567.